The molecule has 1 aromatic carbocycles. The van der Waals surface area contributed by atoms with Gasteiger partial charge in [-0.15, -0.1) is 0 Å². The van der Waals surface area contributed by atoms with Crippen LogP contribution in [0.3, 0.4) is 0 Å². The van der Waals surface area contributed by atoms with Crippen LogP contribution >= 0.6 is 0 Å². The Morgan fingerprint density at radius 1 is 1.42 bits per heavy atom. The molecule has 2 rings (SSSR count). The Morgan fingerprint density at radius 2 is 2.16 bits per heavy atom. The number of nitrogen functional groups attached to an aromatic ring is 1. The zero-order valence-corrected chi connectivity index (χ0v) is 10.9. The van der Waals surface area contributed by atoms with Gasteiger partial charge in [0, 0.05) is 12.7 Å². The van der Waals surface area contributed by atoms with Crippen molar-refractivity contribution in [1.29, 1.82) is 0 Å². The lowest BCUT2D eigenvalue weighted by Gasteiger charge is -2.08. The van der Waals surface area contributed by atoms with Crippen LogP contribution in [0.15, 0.2) is 30.5 Å². The van der Waals surface area contributed by atoms with E-state index >= 15 is 0 Å². The monoisotopic (exact) mass is 261 g/mol. The lowest BCUT2D eigenvalue weighted by Crippen LogP contribution is -2.17. The third-order valence-corrected chi connectivity index (χ3v) is 2.86. The Morgan fingerprint density at radius 3 is 2.79 bits per heavy atom. The number of hydrogen-bond acceptors (Lipinski definition) is 2. The number of carbonyl (C=O) groups is 1. The molecule has 1 heterocycles. The van der Waals surface area contributed by atoms with Gasteiger partial charge in [-0.1, -0.05) is 6.07 Å². The number of benzene rings is 1. The van der Waals surface area contributed by atoms with Crippen molar-refractivity contribution in [2.45, 2.75) is 20.4 Å². The van der Waals surface area contributed by atoms with Crippen molar-refractivity contribution in [3.05, 3.63) is 47.5 Å². The van der Waals surface area contributed by atoms with Crippen molar-refractivity contribution in [1.82, 2.24) is 4.57 Å². The first-order chi connectivity index (χ1) is 9.01. The normalized spacial score (nSPS) is 10.5. The molecule has 19 heavy (non-hydrogen) atoms. The fourth-order valence-corrected chi connectivity index (χ4v) is 1.89. The van der Waals surface area contributed by atoms with Gasteiger partial charge in [0.05, 0.1) is 11.4 Å². The van der Waals surface area contributed by atoms with Gasteiger partial charge in [-0.3, -0.25) is 4.79 Å². The molecule has 1 amide bonds. The second-order valence-corrected chi connectivity index (χ2v) is 4.38. The number of nitrogens with one attached hydrogen (secondary N) is 1. The predicted molar refractivity (Wildman–Crippen MR) is 73.6 cm³/mol. The highest BCUT2D eigenvalue weighted by atomic mass is 19.1. The first-order valence-corrected chi connectivity index (χ1v) is 6.04. The zero-order chi connectivity index (χ0) is 14.0. The Bertz CT molecular complexity index is 619. The molecule has 0 unspecified atom stereocenters. The van der Waals surface area contributed by atoms with Crippen LogP contribution in [0.5, 0.6) is 0 Å². The number of rotatable bonds is 3. The number of nitrogens with two attached hydrogens (primary N) is 1. The Kier molecular flexibility index (Phi) is 3.55. The molecule has 2 aromatic rings. The fraction of sp³-hybridized carbons (Fsp3) is 0.214. The van der Waals surface area contributed by atoms with E-state index in [1.54, 1.807) is 35.9 Å². The maximum Gasteiger partial charge on any atom is 0.272 e. The summed E-state index contributed by atoms with van der Waals surface area (Å²) in [5, 5.41) is 2.55. The first-order valence-electron chi connectivity index (χ1n) is 6.04. The SMILES string of the molecule is CCn1cc(N)cc1C(=O)Nc1ccc(C)cc1F. The molecular formula is C14H16FN3O. The van der Waals surface area contributed by atoms with Gasteiger partial charge in [0.2, 0.25) is 0 Å². The summed E-state index contributed by atoms with van der Waals surface area (Å²) >= 11 is 0. The number of aromatic nitrogens is 1. The quantitative estimate of drug-likeness (QED) is 0.892. The molecule has 0 fully saturated rings. The average Bonchev–Trinajstić information content (AvgIpc) is 2.74. The summed E-state index contributed by atoms with van der Waals surface area (Å²) in [6.07, 6.45) is 1.68. The summed E-state index contributed by atoms with van der Waals surface area (Å²) in [6.45, 7) is 4.32. The van der Waals surface area contributed by atoms with Gasteiger partial charge in [-0.2, -0.15) is 0 Å². The van der Waals surface area contributed by atoms with Crippen molar-refractivity contribution >= 4 is 17.3 Å². The Hall–Kier alpha value is -2.30. The van der Waals surface area contributed by atoms with Crippen molar-refractivity contribution in [2.24, 2.45) is 0 Å². The van der Waals surface area contributed by atoms with E-state index in [-0.39, 0.29) is 11.6 Å². The molecule has 0 bridgehead atoms. The predicted octanol–water partition coefficient (Wildman–Crippen LogP) is 2.79. The Labute approximate surface area is 111 Å². The van der Waals surface area contributed by atoms with E-state index in [0.717, 1.165) is 5.56 Å². The zero-order valence-electron chi connectivity index (χ0n) is 10.9. The lowest BCUT2D eigenvalue weighted by molar-refractivity contribution is 0.101. The smallest absolute Gasteiger partial charge is 0.272 e. The number of amides is 1. The van der Waals surface area contributed by atoms with Gasteiger partial charge in [0.1, 0.15) is 11.5 Å². The highest BCUT2D eigenvalue weighted by Gasteiger charge is 2.14. The second kappa shape index (κ2) is 5.14. The first kappa shape index (κ1) is 13.1. The van der Waals surface area contributed by atoms with Gasteiger partial charge in [0.15, 0.2) is 0 Å². The van der Waals surface area contributed by atoms with Gasteiger partial charge in [-0.05, 0) is 37.6 Å². The standard InChI is InChI=1S/C14H16FN3O/c1-3-18-8-10(16)7-13(18)14(19)17-12-5-4-9(2)6-11(12)15/h4-8H,3,16H2,1-2H3,(H,17,19). The van der Waals surface area contributed by atoms with Crippen molar-refractivity contribution < 1.29 is 9.18 Å². The van der Waals surface area contributed by atoms with Crippen LogP contribution in [-0.2, 0) is 6.54 Å². The summed E-state index contributed by atoms with van der Waals surface area (Å²) in [6, 6.07) is 6.24. The minimum absolute atomic E-state index is 0.165. The number of hydrogen-bond donors (Lipinski definition) is 2. The molecule has 0 aliphatic rings. The third kappa shape index (κ3) is 2.76. The number of carbonyl (C=O) groups excluding carboxylic acids is 1. The van der Waals surface area contributed by atoms with E-state index in [1.165, 1.54) is 6.07 Å². The minimum Gasteiger partial charge on any atom is -0.397 e. The average molecular weight is 261 g/mol. The lowest BCUT2D eigenvalue weighted by atomic mass is 10.2. The topological polar surface area (TPSA) is 60.0 Å². The van der Waals surface area contributed by atoms with E-state index in [2.05, 4.69) is 5.32 Å². The van der Waals surface area contributed by atoms with Gasteiger partial charge >= 0.3 is 0 Å². The van der Waals surface area contributed by atoms with Crippen LogP contribution in [-0.4, -0.2) is 10.5 Å². The van der Waals surface area contributed by atoms with E-state index < -0.39 is 5.82 Å². The van der Waals surface area contributed by atoms with Crippen molar-refractivity contribution in [2.75, 3.05) is 11.1 Å². The van der Waals surface area contributed by atoms with E-state index in [1.807, 2.05) is 6.92 Å². The van der Waals surface area contributed by atoms with Crippen LogP contribution in [0, 0.1) is 12.7 Å². The van der Waals surface area contributed by atoms with Gasteiger partial charge in [-0.25, -0.2) is 4.39 Å². The summed E-state index contributed by atoms with van der Waals surface area (Å²) in [5.41, 5.74) is 7.56. The molecule has 4 nitrogen and oxygen atoms in total. The molecule has 3 N–H and O–H groups in total. The molecular weight excluding hydrogens is 245 g/mol. The molecule has 5 heteroatoms. The summed E-state index contributed by atoms with van der Waals surface area (Å²) < 4.78 is 15.4. The number of halogens is 1. The number of nitrogens with zero attached hydrogens (tertiary/aromatic N) is 1. The van der Waals surface area contributed by atoms with Crippen molar-refractivity contribution in [3.63, 3.8) is 0 Å². The van der Waals surface area contributed by atoms with Crippen LogP contribution in [0.4, 0.5) is 15.8 Å². The highest BCUT2D eigenvalue weighted by molar-refractivity contribution is 6.03. The maximum absolute atomic E-state index is 13.7. The molecule has 0 aliphatic carbocycles. The van der Waals surface area contributed by atoms with Crippen LogP contribution in [0.2, 0.25) is 0 Å². The summed E-state index contributed by atoms with van der Waals surface area (Å²) in [7, 11) is 0. The maximum atomic E-state index is 13.7. The molecule has 0 aliphatic heterocycles. The van der Waals surface area contributed by atoms with Crippen molar-refractivity contribution in [3.8, 4) is 0 Å². The summed E-state index contributed by atoms with van der Waals surface area (Å²) in [4.78, 5) is 12.1. The van der Waals surface area contributed by atoms with Gasteiger partial charge in [0.25, 0.3) is 5.91 Å². The number of anilines is 2. The minimum atomic E-state index is -0.448. The second-order valence-electron chi connectivity index (χ2n) is 4.38. The number of aryl methyl sites for hydroxylation is 2. The summed E-state index contributed by atoms with van der Waals surface area (Å²) in [5.74, 6) is -0.822. The molecule has 0 saturated heterocycles. The highest BCUT2D eigenvalue weighted by Crippen LogP contribution is 2.18. The van der Waals surface area contributed by atoms with Gasteiger partial charge < -0.3 is 15.6 Å². The molecule has 1 aromatic heterocycles. The molecule has 100 valence electrons. The van der Waals surface area contributed by atoms with E-state index in [9.17, 15) is 9.18 Å². The largest absolute Gasteiger partial charge is 0.397 e. The fourth-order valence-electron chi connectivity index (χ4n) is 1.89. The molecule has 0 radical (unpaired) electrons. The van der Waals surface area contributed by atoms with Crippen LogP contribution in [0.1, 0.15) is 23.0 Å². The van der Waals surface area contributed by atoms with E-state index in [0.29, 0.717) is 17.9 Å². The molecule has 0 spiro atoms. The third-order valence-electron chi connectivity index (χ3n) is 2.86. The van der Waals surface area contributed by atoms with E-state index in [4.69, 9.17) is 5.73 Å². The van der Waals surface area contributed by atoms with Crippen LogP contribution < -0.4 is 11.1 Å². The molecule has 0 atom stereocenters. The Balaban J connectivity index is 2.25. The van der Waals surface area contributed by atoms with Crippen LogP contribution in [0.25, 0.3) is 0 Å². The molecule has 0 saturated carbocycles.